The first-order valence-electron chi connectivity index (χ1n) is 16.9. The first-order valence-corrected chi connectivity index (χ1v) is 16.9. The molecule has 0 amide bonds. The molecule has 7 aromatic rings. The van der Waals surface area contributed by atoms with Crippen molar-refractivity contribution in [1.29, 1.82) is 0 Å². The number of aryl methyl sites for hydroxylation is 2. The minimum Gasteiger partial charge on any atom is -0.657 e. The summed E-state index contributed by atoms with van der Waals surface area (Å²) in [5.74, 6) is 0. The number of fused-ring (bicyclic) bond motifs is 8. The van der Waals surface area contributed by atoms with Crippen molar-refractivity contribution in [3.8, 4) is 44.5 Å². The maximum atomic E-state index is 5.34. The van der Waals surface area contributed by atoms with Crippen LogP contribution in [-0.2, 0) is 19.5 Å². The zero-order valence-corrected chi connectivity index (χ0v) is 31.5. The molecule has 2 aliphatic rings. The van der Waals surface area contributed by atoms with Crippen LogP contribution >= 0.6 is 0 Å². The predicted octanol–water partition coefficient (Wildman–Crippen LogP) is 11.2. The SMILES string of the molecule is Cc1ccc(-c2c3nc(c(-c4ccccc4)c4ccc([n-]4)c(-c4ccc(C)cc4)c4nc(c(-c5ccccc5)c5ccc2[n-]5)C=C4)C=C3)cc1.[Zn+2]. The van der Waals surface area contributed by atoms with Crippen LogP contribution in [0.25, 0.3) is 90.9 Å². The van der Waals surface area contributed by atoms with Crippen LogP contribution in [0.1, 0.15) is 33.9 Å². The molecule has 8 bridgehead atoms. The molecule has 3 aromatic heterocycles. The molecule has 51 heavy (non-hydrogen) atoms. The third-order valence-corrected chi connectivity index (χ3v) is 9.41. The van der Waals surface area contributed by atoms with E-state index < -0.39 is 0 Å². The summed E-state index contributed by atoms with van der Waals surface area (Å²) >= 11 is 0. The van der Waals surface area contributed by atoms with Gasteiger partial charge in [0.2, 0.25) is 0 Å². The summed E-state index contributed by atoms with van der Waals surface area (Å²) in [6.45, 7) is 4.22. The number of aromatic nitrogens is 4. The first-order chi connectivity index (χ1) is 24.6. The van der Waals surface area contributed by atoms with Crippen molar-refractivity contribution in [1.82, 2.24) is 19.9 Å². The topological polar surface area (TPSA) is 54.0 Å². The van der Waals surface area contributed by atoms with Crippen LogP contribution < -0.4 is 9.97 Å². The van der Waals surface area contributed by atoms with Gasteiger partial charge in [-0.05, 0) is 82.7 Å². The Balaban J connectivity index is 0.00000374. The van der Waals surface area contributed by atoms with E-state index in [2.05, 4.69) is 159 Å². The fourth-order valence-corrected chi connectivity index (χ4v) is 6.92. The van der Waals surface area contributed by atoms with Crippen molar-refractivity contribution in [3.05, 3.63) is 167 Å². The molecule has 0 atom stereocenters. The quantitative estimate of drug-likeness (QED) is 0.171. The second-order valence-electron chi connectivity index (χ2n) is 12.8. The molecule has 0 saturated heterocycles. The fourth-order valence-electron chi connectivity index (χ4n) is 6.92. The summed E-state index contributed by atoms with van der Waals surface area (Å²) in [7, 11) is 0. The molecule has 5 heterocycles. The van der Waals surface area contributed by atoms with Crippen molar-refractivity contribution in [2.75, 3.05) is 0 Å². The smallest absolute Gasteiger partial charge is 0.657 e. The minimum atomic E-state index is 0. The van der Waals surface area contributed by atoms with Crippen LogP contribution in [0.4, 0.5) is 0 Å². The Kier molecular flexibility index (Phi) is 8.51. The van der Waals surface area contributed by atoms with Gasteiger partial charge in [0.25, 0.3) is 0 Å². The average molecular weight is 706 g/mol. The van der Waals surface area contributed by atoms with E-state index in [0.29, 0.717) is 0 Å². The number of nitrogens with zero attached hydrogens (tertiary/aromatic N) is 4. The summed E-state index contributed by atoms with van der Waals surface area (Å²) in [4.78, 5) is 21.4. The van der Waals surface area contributed by atoms with E-state index in [1.165, 1.54) is 11.1 Å². The van der Waals surface area contributed by atoms with Crippen LogP contribution in [0.2, 0.25) is 0 Å². The van der Waals surface area contributed by atoms with Gasteiger partial charge >= 0.3 is 19.5 Å². The zero-order valence-electron chi connectivity index (χ0n) is 28.5. The van der Waals surface area contributed by atoms with Gasteiger partial charge in [-0.2, -0.15) is 0 Å². The summed E-state index contributed by atoms with van der Waals surface area (Å²) in [6.07, 6.45) is 8.44. The van der Waals surface area contributed by atoms with Gasteiger partial charge in [0, 0.05) is 0 Å². The molecule has 0 saturated carbocycles. The maximum Gasteiger partial charge on any atom is 2.00 e. The summed E-state index contributed by atoms with van der Waals surface area (Å²) < 4.78 is 0. The van der Waals surface area contributed by atoms with Gasteiger partial charge in [-0.25, -0.2) is 9.97 Å². The monoisotopic (exact) mass is 704 g/mol. The predicted molar refractivity (Wildman–Crippen MR) is 208 cm³/mol. The third kappa shape index (κ3) is 6.00. The maximum absolute atomic E-state index is 5.34. The molecule has 238 valence electrons. The van der Waals surface area contributed by atoms with Gasteiger partial charge in [0.15, 0.2) is 0 Å². The van der Waals surface area contributed by atoms with Gasteiger partial charge in [-0.15, -0.1) is 22.1 Å². The minimum absolute atomic E-state index is 0. The summed E-state index contributed by atoms with van der Waals surface area (Å²) in [6, 6.07) is 46.5. The first kappa shape index (κ1) is 32.3. The van der Waals surface area contributed by atoms with Gasteiger partial charge in [-0.1, -0.05) is 145 Å². The average Bonchev–Trinajstić information content (AvgIpc) is 3.98. The number of benzene rings is 4. The fraction of sp³-hybridized carbons (Fsp3) is 0.0435. The van der Waals surface area contributed by atoms with Gasteiger partial charge in [0.05, 0.1) is 22.8 Å². The van der Waals surface area contributed by atoms with E-state index in [4.69, 9.17) is 19.9 Å². The molecule has 0 spiro atoms. The van der Waals surface area contributed by atoms with Crippen LogP contribution in [0.5, 0.6) is 0 Å². The summed E-state index contributed by atoms with van der Waals surface area (Å²) in [5.41, 5.74) is 17.5. The van der Waals surface area contributed by atoms with Gasteiger partial charge < -0.3 is 9.97 Å². The Morgan fingerprint density at radius 1 is 0.333 bits per heavy atom. The Morgan fingerprint density at radius 3 is 0.902 bits per heavy atom. The van der Waals surface area contributed by atoms with E-state index in [0.717, 1.165) is 89.4 Å². The molecule has 2 aliphatic heterocycles. The number of rotatable bonds is 4. The van der Waals surface area contributed by atoms with Gasteiger partial charge in [-0.3, -0.25) is 0 Å². The van der Waals surface area contributed by atoms with Crippen LogP contribution in [0.15, 0.2) is 133 Å². The Labute approximate surface area is 310 Å². The molecular weight excluding hydrogens is 674 g/mol. The Hall–Kier alpha value is -5.90. The second-order valence-corrected chi connectivity index (χ2v) is 12.8. The van der Waals surface area contributed by atoms with Crippen LogP contribution in [-0.4, -0.2) is 9.97 Å². The zero-order chi connectivity index (χ0) is 33.6. The normalized spacial score (nSPS) is 11.8. The van der Waals surface area contributed by atoms with E-state index in [1.54, 1.807) is 0 Å². The molecule has 4 nitrogen and oxygen atoms in total. The van der Waals surface area contributed by atoms with Crippen molar-refractivity contribution in [3.63, 3.8) is 0 Å². The molecule has 9 rings (SSSR count). The molecule has 5 heteroatoms. The summed E-state index contributed by atoms with van der Waals surface area (Å²) in [5, 5.41) is 0. The molecule has 0 radical (unpaired) electrons. The molecule has 4 aromatic carbocycles. The number of hydrogen-bond donors (Lipinski definition) is 0. The van der Waals surface area contributed by atoms with E-state index in [1.807, 2.05) is 12.1 Å². The van der Waals surface area contributed by atoms with Crippen LogP contribution in [0, 0.1) is 13.8 Å². The molecule has 0 aliphatic carbocycles. The number of hydrogen-bond acceptors (Lipinski definition) is 2. The Morgan fingerprint density at radius 2 is 0.608 bits per heavy atom. The van der Waals surface area contributed by atoms with E-state index in [-0.39, 0.29) is 19.5 Å². The van der Waals surface area contributed by atoms with Crippen LogP contribution in [0.3, 0.4) is 0 Å². The van der Waals surface area contributed by atoms with Crippen molar-refractivity contribution in [2.45, 2.75) is 13.8 Å². The Bertz CT molecular complexity index is 2440. The largest absolute Gasteiger partial charge is 2.00 e. The van der Waals surface area contributed by atoms with Crippen molar-refractivity contribution >= 4 is 46.4 Å². The molecule has 0 fully saturated rings. The van der Waals surface area contributed by atoms with Gasteiger partial charge in [0.1, 0.15) is 0 Å². The second kappa shape index (κ2) is 13.4. The third-order valence-electron chi connectivity index (χ3n) is 9.41. The standard InChI is InChI=1S/C46H32N4.Zn/c1-29-13-17-33(18-14-29)45-39-25-21-35(47-39)43(31-9-5-3-6-10-31)37-23-27-41(49-37)46(34-19-15-30(2)16-20-34)42-28-24-38(50-42)44(32-11-7-4-8-12-32)36-22-26-40(45)48-36;/h3-28H,1-2H3;/q-2;+2. The molecule has 0 unspecified atom stereocenters. The van der Waals surface area contributed by atoms with E-state index in [9.17, 15) is 0 Å². The molecular formula is C46H32N4Zn. The van der Waals surface area contributed by atoms with Crippen molar-refractivity contribution in [2.24, 2.45) is 0 Å². The molecule has 0 N–H and O–H groups in total. The van der Waals surface area contributed by atoms with Crippen molar-refractivity contribution < 1.29 is 19.5 Å². The van der Waals surface area contributed by atoms with E-state index >= 15 is 0 Å².